The maximum absolute atomic E-state index is 4.50. The lowest BCUT2D eigenvalue weighted by molar-refractivity contribution is 0.886. The maximum atomic E-state index is 4.50. The molecular formula is C13H16N4S. The molecule has 1 N–H and O–H groups in total. The van der Waals surface area contributed by atoms with E-state index in [9.17, 15) is 0 Å². The van der Waals surface area contributed by atoms with Gasteiger partial charge in [0.15, 0.2) is 0 Å². The second-order valence-electron chi connectivity index (χ2n) is 3.66. The first-order valence-electron chi connectivity index (χ1n) is 6.02. The van der Waals surface area contributed by atoms with Crippen LogP contribution in [-0.2, 0) is 6.42 Å². The SMILES string of the molecule is CCNc1cc(Sc2ccccn2)nc(CC)n1. The summed E-state index contributed by atoms with van der Waals surface area (Å²) in [5.41, 5.74) is 0. The highest BCUT2D eigenvalue weighted by molar-refractivity contribution is 7.99. The fourth-order valence-corrected chi connectivity index (χ4v) is 2.27. The lowest BCUT2D eigenvalue weighted by Gasteiger charge is -2.07. The molecule has 0 fully saturated rings. The minimum atomic E-state index is 0.828. The number of aryl methyl sites for hydroxylation is 1. The fraction of sp³-hybridized carbons (Fsp3) is 0.308. The van der Waals surface area contributed by atoms with Gasteiger partial charge in [0.1, 0.15) is 21.7 Å². The third kappa shape index (κ3) is 3.43. The number of pyridine rings is 1. The van der Waals surface area contributed by atoms with Gasteiger partial charge in [-0.05, 0) is 30.8 Å². The first kappa shape index (κ1) is 12.8. The number of aromatic nitrogens is 3. The number of hydrogen-bond donors (Lipinski definition) is 1. The predicted octanol–water partition coefficient (Wildman–Crippen LogP) is 3.02. The zero-order chi connectivity index (χ0) is 12.8. The second-order valence-corrected chi connectivity index (χ2v) is 4.70. The van der Waals surface area contributed by atoms with E-state index in [1.807, 2.05) is 24.3 Å². The van der Waals surface area contributed by atoms with Crippen molar-refractivity contribution in [3.05, 3.63) is 36.3 Å². The lowest BCUT2D eigenvalue weighted by atomic mass is 10.4. The molecule has 0 amide bonds. The van der Waals surface area contributed by atoms with Crippen LogP contribution in [0.4, 0.5) is 5.82 Å². The molecule has 2 rings (SSSR count). The molecule has 5 heteroatoms. The van der Waals surface area contributed by atoms with Crippen molar-refractivity contribution in [2.75, 3.05) is 11.9 Å². The average Bonchev–Trinajstić information content (AvgIpc) is 2.40. The van der Waals surface area contributed by atoms with Crippen LogP contribution in [-0.4, -0.2) is 21.5 Å². The summed E-state index contributed by atoms with van der Waals surface area (Å²) in [6, 6.07) is 7.82. The Morgan fingerprint density at radius 1 is 1.17 bits per heavy atom. The van der Waals surface area contributed by atoms with Gasteiger partial charge >= 0.3 is 0 Å². The minimum absolute atomic E-state index is 0.828. The Labute approximate surface area is 111 Å². The van der Waals surface area contributed by atoms with E-state index in [4.69, 9.17) is 0 Å². The molecule has 0 saturated heterocycles. The Bertz CT molecular complexity index is 502. The molecule has 2 aromatic rings. The van der Waals surface area contributed by atoms with E-state index in [-0.39, 0.29) is 0 Å². The van der Waals surface area contributed by atoms with Crippen molar-refractivity contribution in [1.29, 1.82) is 0 Å². The van der Waals surface area contributed by atoms with Gasteiger partial charge in [-0.25, -0.2) is 15.0 Å². The molecule has 0 bridgehead atoms. The molecule has 18 heavy (non-hydrogen) atoms. The van der Waals surface area contributed by atoms with E-state index in [1.165, 1.54) is 0 Å². The molecule has 0 aromatic carbocycles. The Morgan fingerprint density at radius 2 is 2.06 bits per heavy atom. The van der Waals surface area contributed by atoms with Crippen molar-refractivity contribution in [2.24, 2.45) is 0 Å². The third-order valence-corrected chi connectivity index (χ3v) is 3.14. The van der Waals surface area contributed by atoms with Crippen LogP contribution in [0.2, 0.25) is 0 Å². The van der Waals surface area contributed by atoms with Crippen LogP contribution in [0.1, 0.15) is 19.7 Å². The predicted molar refractivity (Wildman–Crippen MR) is 73.9 cm³/mol. The van der Waals surface area contributed by atoms with Gasteiger partial charge in [0.25, 0.3) is 0 Å². The molecule has 0 aliphatic heterocycles. The van der Waals surface area contributed by atoms with Gasteiger partial charge in [-0.15, -0.1) is 0 Å². The highest BCUT2D eigenvalue weighted by atomic mass is 32.2. The topological polar surface area (TPSA) is 50.7 Å². The summed E-state index contributed by atoms with van der Waals surface area (Å²) in [6.07, 6.45) is 2.62. The van der Waals surface area contributed by atoms with E-state index in [0.29, 0.717) is 0 Å². The van der Waals surface area contributed by atoms with E-state index < -0.39 is 0 Å². The molecule has 0 aliphatic carbocycles. The molecule has 0 saturated carbocycles. The van der Waals surface area contributed by atoms with Crippen LogP contribution in [0, 0.1) is 0 Å². The van der Waals surface area contributed by atoms with Crippen molar-refractivity contribution in [3.63, 3.8) is 0 Å². The van der Waals surface area contributed by atoms with Crippen LogP contribution < -0.4 is 5.32 Å². The van der Waals surface area contributed by atoms with Crippen LogP contribution in [0.3, 0.4) is 0 Å². The molecule has 0 atom stereocenters. The quantitative estimate of drug-likeness (QED) is 0.837. The van der Waals surface area contributed by atoms with Gasteiger partial charge in [0, 0.05) is 25.2 Å². The molecule has 2 aromatic heterocycles. The number of rotatable bonds is 5. The van der Waals surface area contributed by atoms with Crippen molar-refractivity contribution in [3.8, 4) is 0 Å². The Morgan fingerprint density at radius 3 is 2.72 bits per heavy atom. The minimum Gasteiger partial charge on any atom is -0.370 e. The number of anilines is 1. The van der Waals surface area contributed by atoms with Gasteiger partial charge in [-0.3, -0.25) is 0 Å². The van der Waals surface area contributed by atoms with Crippen molar-refractivity contribution in [1.82, 2.24) is 15.0 Å². The maximum Gasteiger partial charge on any atom is 0.131 e. The average molecular weight is 260 g/mol. The van der Waals surface area contributed by atoms with Crippen LogP contribution in [0.25, 0.3) is 0 Å². The highest BCUT2D eigenvalue weighted by Gasteiger charge is 2.05. The standard InChI is InChI=1S/C13H16N4S/c1-3-10-16-11(14-4-2)9-13(17-10)18-12-7-5-6-8-15-12/h5-9H,3-4H2,1-2H3,(H,14,16,17). The summed E-state index contributed by atoms with van der Waals surface area (Å²) < 4.78 is 0. The van der Waals surface area contributed by atoms with Gasteiger partial charge < -0.3 is 5.32 Å². The third-order valence-electron chi connectivity index (χ3n) is 2.27. The summed E-state index contributed by atoms with van der Waals surface area (Å²) in [7, 11) is 0. The largest absolute Gasteiger partial charge is 0.370 e. The van der Waals surface area contributed by atoms with E-state index in [1.54, 1.807) is 18.0 Å². The fourth-order valence-electron chi connectivity index (χ4n) is 1.47. The van der Waals surface area contributed by atoms with Crippen LogP contribution in [0.15, 0.2) is 40.5 Å². The summed E-state index contributed by atoms with van der Waals surface area (Å²) in [5, 5.41) is 5.10. The molecule has 94 valence electrons. The summed E-state index contributed by atoms with van der Waals surface area (Å²) in [5.74, 6) is 1.73. The first-order chi connectivity index (χ1) is 8.81. The zero-order valence-electron chi connectivity index (χ0n) is 10.6. The molecule has 0 radical (unpaired) electrons. The molecule has 0 spiro atoms. The molecule has 0 aliphatic rings. The first-order valence-corrected chi connectivity index (χ1v) is 6.84. The van der Waals surface area contributed by atoms with Gasteiger partial charge in [-0.2, -0.15) is 0 Å². The molecular weight excluding hydrogens is 244 g/mol. The van der Waals surface area contributed by atoms with E-state index in [2.05, 4.69) is 34.1 Å². The van der Waals surface area contributed by atoms with E-state index >= 15 is 0 Å². The lowest BCUT2D eigenvalue weighted by Crippen LogP contribution is -2.03. The summed E-state index contributed by atoms with van der Waals surface area (Å²) in [6.45, 7) is 4.97. The van der Waals surface area contributed by atoms with Crippen molar-refractivity contribution >= 4 is 17.6 Å². The second kappa shape index (κ2) is 6.35. The van der Waals surface area contributed by atoms with Gasteiger partial charge in [0.05, 0.1) is 0 Å². The summed E-state index contributed by atoms with van der Waals surface area (Å²) in [4.78, 5) is 13.2. The molecule has 2 heterocycles. The Hall–Kier alpha value is -1.62. The number of hydrogen-bond acceptors (Lipinski definition) is 5. The molecule has 0 unspecified atom stereocenters. The Balaban J connectivity index is 2.24. The highest BCUT2D eigenvalue weighted by Crippen LogP contribution is 2.25. The van der Waals surface area contributed by atoms with Gasteiger partial charge in [-0.1, -0.05) is 13.0 Å². The van der Waals surface area contributed by atoms with E-state index in [0.717, 1.165) is 34.7 Å². The van der Waals surface area contributed by atoms with Crippen LogP contribution >= 0.6 is 11.8 Å². The van der Waals surface area contributed by atoms with Crippen LogP contribution in [0.5, 0.6) is 0 Å². The monoisotopic (exact) mass is 260 g/mol. The van der Waals surface area contributed by atoms with Gasteiger partial charge in [0.2, 0.25) is 0 Å². The summed E-state index contributed by atoms with van der Waals surface area (Å²) >= 11 is 1.55. The smallest absolute Gasteiger partial charge is 0.131 e. The number of nitrogens with zero attached hydrogens (tertiary/aromatic N) is 3. The Kier molecular flexibility index (Phi) is 4.52. The zero-order valence-corrected chi connectivity index (χ0v) is 11.4. The molecule has 4 nitrogen and oxygen atoms in total. The van der Waals surface area contributed by atoms with Crippen molar-refractivity contribution < 1.29 is 0 Å². The number of nitrogens with one attached hydrogen (secondary N) is 1. The normalized spacial score (nSPS) is 10.3. The van der Waals surface area contributed by atoms with Crippen molar-refractivity contribution in [2.45, 2.75) is 30.3 Å².